The van der Waals surface area contributed by atoms with Gasteiger partial charge in [-0.2, -0.15) is 0 Å². The largest absolute Gasteiger partial charge is 0.381 e. The highest BCUT2D eigenvalue weighted by Gasteiger charge is 2.52. The van der Waals surface area contributed by atoms with Crippen LogP contribution in [-0.4, -0.2) is 65.7 Å². The van der Waals surface area contributed by atoms with Gasteiger partial charge in [0.15, 0.2) is 19.6 Å². The number of thiazole rings is 1. The minimum absolute atomic E-state index is 0.0000909. The molecule has 13 heteroatoms. The highest BCUT2D eigenvalue weighted by Crippen LogP contribution is 2.36. The van der Waals surface area contributed by atoms with E-state index < -0.39 is 20.5 Å². The van der Waals surface area contributed by atoms with Crippen molar-refractivity contribution in [2.75, 3.05) is 25.5 Å². The quantitative estimate of drug-likeness (QED) is 0.175. The summed E-state index contributed by atoms with van der Waals surface area (Å²) in [7, 11) is -4.06. The van der Waals surface area contributed by atoms with E-state index in [1.165, 1.54) is 40.7 Å². The number of nitrogens with zero attached hydrogens (tertiary/aromatic N) is 2. The number of carbonyl (C=O) groups is 2. The zero-order valence-corrected chi connectivity index (χ0v) is 20.3. The number of carbonyl (C=O) groups excluding carboxylic acids is 2. The van der Waals surface area contributed by atoms with Gasteiger partial charge in [-0.15, -0.1) is 11.8 Å². The summed E-state index contributed by atoms with van der Waals surface area (Å²) in [6.45, 7) is 0.617. The third-order valence-electron chi connectivity index (χ3n) is 5.48. The van der Waals surface area contributed by atoms with Crippen LogP contribution >= 0.6 is 23.1 Å². The molecule has 0 radical (unpaired) electrons. The molecule has 3 aromatic rings. The number of rotatable bonds is 8. The van der Waals surface area contributed by atoms with E-state index in [0.29, 0.717) is 27.7 Å². The minimum Gasteiger partial charge on any atom is -0.381 e. The summed E-state index contributed by atoms with van der Waals surface area (Å²) in [6.07, 6.45) is 1.57. The number of hydrogen-bond donors (Lipinski definition) is 3. The van der Waals surface area contributed by atoms with Gasteiger partial charge in [0, 0.05) is 36.6 Å². The molecular formula is C21H22N4O6S3. The Morgan fingerprint density at radius 2 is 1.91 bits per heavy atom. The van der Waals surface area contributed by atoms with Gasteiger partial charge in [0.05, 0.1) is 4.90 Å². The lowest BCUT2D eigenvalue weighted by molar-refractivity contribution is -0.134. The molecular weight excluding hydrogens is 500 g/mol. The van der Waals surface area contributed by atoms with Gasteiger partial charge < -0.3 is 10.1 Å². The highest BCUT2D eigenvalue weighted by atomic mass is 32.2. The van der Waals surface area contributed by atoms with Crippen molar-refractivity contribution in [2.24, 2.45) is 0 Å². The summed E-state index contributed by atoms with van der Waals surface area (Å²) in [5, 5.41) is 12.3. The van der Waals surface area contributed by atoms with Crippen LogP contribution in [0.1, 0.15) is 22.6 Å². The van der Waals surface area contributed by atoms with Crippen molar-refractivity contribution >= 4 is 55.1 Å². The molecule has 1 aliphatic heterocycles. The molecule has 1 fully saturated rings. The lowest BCUT2D eigenvalue weighted by Gasteiger charge is -2.34. The van der Waals surface area contributed by atoms with Gasteiger partial charge >= 0.3 is 0 Å². The van der Waals surface area contributed by atoms with E-state index >= 15 is 0 Å². The van der Waals surface area contributed by atoms with E-state index in [0.717, 1.165) is 4.90 Å². The number of fused-ring (bicyclic) bond motifs is 1. The summed E-state index contributed by atoms with van der Waals surface area (Å²) in [5.41, 5.74) is 2.19. The van der Waals surface area contributed by atoms with Crippen LogP contribution in [0.15, 0.2) is 52.4 Å². The summed E-state index contributed by atoms with van der Waals surface area (Å²) >= 11 is 2.68. The monoisotopic (exact) mass is 522 g/mol. The van der Waals surface area contributed by atoms with Crippen LogP contribution in [0, 0.1) is 0 Å². The molecule has 1 saturated heterocycles. The van der Waals surface area contributed by atoms with Gasteiger partial charge in [-0.05, 0) is 49.2 Å². The van der Waals surface area contributed by atoms with Gasteiger partial charge in [0.2, 0.25) is 0 Å². The molecule has 3 N–H and O–H groups in total. The van der Waals surface area contributed by atoms with Gasteiger partial charge in [0.25, 0.3) is 11.8 Å². The summed E-state index contributed by atoms with van der Waals surface area (Å²) in [5.74, 6) is -0.655. The Kier molecular flexibility index (Phi) is 7.48. The van der Waals surface area contributed by atoms with E-state index in [4.69, 9.17) is 9.94 Å². The molecule has 2 aromatic heterocycles. The molecule has 0 saturated carbocycles. The second kappa shape index (κ2) is 10.4. The fourth-order valence-electron chi connectivity index (χ4n) is 3.64. The predicted molar refractivity (Wildman–Crippen MR) is 127 cm³/mol. The first-order valence-corrected chi connectivity index (χ1v) is 13.7. The molecule has 0 spiro atoms. The lowest BCUT2D eigenvalue weighted by Crippen LogP contribution is -2.54. The second-order valence-electron chi connectivity index (χ2n) is 7.47. The molecule has 4 rings (SSSR count). The first-order chi connectivity index (χ1) is 16.4. The van der Waals surface area contributed by atoms with Crippen LogP contribution < -0.4 is 10.8 Å². The van der Waals surface area contributed by atoms with Crippen LogP contribution in [-0.2, 0) is 19.4 Å². The molecule has 34 heavy (non-hydrogen) atoms. The maximum Gasteiger partial charge on any atom is 0.280 e. The van der Waals surface area contributed by atoms with Crippen molar-refractivity contribution in [1.82, 2.24) is 20.8 Å². The Hall–Kier alpha value is -2.58. The van der Waals surface area contributed by atoms with Gasteiger partial charge in [0.1, 0.15) is 10.3 Å². The molecule has 0 aliphatic carbocycles. The molecule has 0 bridgehead atoms. The number of thioether (sulfide) groups is 1. The van der Waals surface area contributed by atoms with Crippen LogP contribution in [0.5, 0.6) is 0 Å². The van der Waals surface area contributed by atoms with Crippen molar-refractivity contribution in [3.63, 3.8) is 0 Å². The highest BCUT2D eigenvalue weighted by molar-refractivity contribution is 7.99. The number of benzene rings is 1. The SMILES string of the molecule is O=C(NCCSc1ccc(S(=O)(=O)C2(C(=O)NO)CCOCC2)cc1)c1nc2cccnc2s1. The van der Waals surface area contributed by atoms with E-state index in [2.05, 4.69) is 15.3 Å². The van der Waals surface area contributed by atoms with Crippen molar-refractivity contribution in [2.45, 2.75) is 27.4 Å². The first-order valence-electron chi connectivity index (χ1n) is 10.4. The van der Waals surface area contributed by atoms with Crippen molar-refractivity contribution in [1.29, 1.82) is 0 Å². The predicted octanol–water partition coefficient (Wildman–Crippen LogP) is 2.04. The standard InChI is InChI=1S/C21H22N4O6S3/c26-17(19-24-16-2-1-9-23-18(16)33-19)22-10-13-32-14-3-5-15(6-4-14)34(29,30)21(20(27)25-28)7-11-31-12-8-21/h1-6,9,28H,7-8,10-13H2,(H,22,26)(H,25,27). The fraction of sp³-hybridized carbons (Fsp3) is 0.333. The summed E-state index contributed by atoms with van der Waals surface area (Å²) in [4.78, 5) is 34.6. The minimum atomic E-state index is -4.06. The van der Waals surface area contributed by atoms with Crippen LogP contribution in [0.4, 0.5) is 0 Å². The zero-order valence-electron chi connectivity index (χ0n) is 17.9. The number of nitrogens with one attached hydrogen (secondary N) is 2. The maximum atomic E-state index is 13.3. The van der Waals surface area contributed by atoms with E-state index in [1.807, 2.05) is 0 Å². The van der Waals surface area contributed by atoms with E-state index in [9.17, 15) is 18.0 Å². The molecule has 10 nitrogen and oxygen atoms in total. The van der Waals surface area contributed by atoms with Crippen molar-refractivity contribution in [3.05, 3.63) is 47.6 Å². The van der Waals surface area contributed by atoms with Gasteiger partial charge in [-0.3, -0.25) is 14.8 Å². The Morgan fingerprint density at radius 1 is 1.18 bits per heavy atom. The number of ether oxygens (including phenoxy) is 1. The number of amides is 2. The van der Waals surface area contributed by atoms with Crippen molar-refractivity contribution in [3.8, 4) is 0 Å². The fourth-order valence-corrected chi connectivity index (χ4v) is 7.17. The Bertz CT molecular complexity index is 1250. The van der Waals surface area contributed by atoms with Gasteiger partial charge in [-0.25, -0.2) is 23.9 Å². The molecule has 3 heterocycles. The third-order valence-corrected chi connectivity index (χ3v) is 9.99. The molecule has 2 amide bonds. The lowest BCUT2D eigenvalue weighted by atomic mass is 9.98. The van der Waals surface area contributed by atoms with Crippen LogP contribution in [0.25, 0.3) is 10.3 Å². The number of pyridine rings is 1. The summed E-state index contributed by atoms with van der Waals surface area (Å²) < 4.78 is 30.0. The third kappa shape index (κ3) is 4.79. The number of hydroxylamine groups is 1. The molecule has 1 aliphatic rings. The Morgan fingerprint density at radius 3 is 2.59 bits per heavy atom. The Labute approximate surface area is 204 Å². The topological polar surface area (TPSA) is 148 Å². The van der Waals surface area contributed by atoms with Gasteiger partial charge in [-0.1, -0.05) is 11.3 Å². The molecule has 180 valence electrons. The first kappa shape index (κ1) is 24.5. The van der Waals surface area contributed by atoms with Crippen LogP contribution in [0.2, 0.25) is 0 Å². The summed E-state index contributed by atoms with van der Waals surface area (Å²) in [6, 6.07) is 9.78. The number of hydrogen-bond acceptors (Lipinski definition) is 10. The number of sulfone groups is 1. The van der Waals surface area contributed by atoms with E-state index in [-0.39, 0.29) is 36.9 Å². The Balaban J connectivity index is 1.35. The van der Waals surface area contributed by atoms with E-state index in [1.54, 1.807) is 30.5 Å². The van der Waals surface area contributed by atoms with Crippen molar-refractivity contribution < 1.29 is 28.0 Å². The average Bonchev–Trinajstić information content (AvgIpc) is 3.31. The average molecular weight is 523 g/mol. The molecule has 0 atom stereocenters. The maximum absolute atomic E-state index is 13.3. The molecule has 0 unspecified atom stereocenters. The zero-order chi connectivity index (χ0) is 24.2. The smallest absolute Gasteiger partial charge is 0.280 e. The second-order valence-corrected chi connectivity index (χ2v) is 11.9. The normalized spacial score (nSPS) is 15.7. The van der Waals surface area contributed by atoms with Crippen LogP contribution in [0.3, 0.4) is 0 Å². The molecule has 1 aromatic carbocycles. The number of aromatic nitrogens is 2.